The van der Waals surface area contributed by atoms with Gasteiger partial charge in [-0.3, -0.25) is 4.79 Å². The number of carbonyl (C=O) groups is 1. The number of aryl methyl sites for hydroxylation is 2. The predicted octanol–water partition coefficient (Wildman–Crippen LogP) is 3.39. The average Bonchev–Trinajstić information content (AvgIpc) is 2.29. The summed E-state index contributed by atoms with van der Waals surface area (Å²) in [5, 5.41) is 9.81. The Bertz CT molecular complexity index is 476. The smallest absolute Gasteiger partial charge is 0.239 e. The van der Waals surface area contributed by atoms with Gasteiger partial charge in [0, 0.05) is 6.42 Å². The van der Waals surface area contributed by atoms with Gasteiger partial charge in [-0.1, -0.05) is 25.3 Å². The van der Waals surface area contributed by atoms with Gasteiger partial charge in [0.2, 0.25) is 5.78 Å². The predicted molar refractivity (Wildman–Crippen MR) is 69.2 cm³/mol. The van der Waals surface area contributed by atoms with Crippen molar-refractivity contribution in [1.29, 1.82) is 0 Å². The SMILES string of the molecule is CCCCC#CC(=O)c1cc(C)cc(C)c1O. The molecule has 0 unspecified atom stereocenters. The van der Waals surface area contributed by atoms with Gasteiger partial charge in [-0.2, -0.15) is 0 Å². The molecule has 0 aliphatic rings. The second-order valence-electron chi connectivity index (χ2n) is 4.21. The van der Waals surface area contributed by atoms with Gasteiger partial charge in [-0.25, -0.2) is 0 Å². The monoisotopic (exact) mass is 230 g/mol. The van der Waals surface area contributed by atoms with Crippen LogP contribution < -0.4 is 0 Å². The fourth-order valence-electron chi connectivity index (χ4n) is 1.61. The van der Waals surface area contributed by atoms with Gasteiger partial charge in [0.25, 0.3) is 0 Å². The van der Waals surface area contributed by atoms with Gasteiger partial charge in [0.1, 0.15) is 5.75 Å². The topological polar surface area (TPSA) is 37.3 Å². The Balaban J connectivity index is 2.91. The molecule has 0 spiro atoms. The van der Waals surface area contributed by atoms with E-state index in [0.717, 1.165) is 24.8 Å². The largest absolute Gasteiger partial charge is 0.507 e. The van der Waals surface area contributed by atoms with E-state index in [2.05, 4.69) is 18.8 Å². The second-order valence-corrected chi connectivity index (χ2v) is 4.21. The molecule has 0 aliphatic carbocycles. The molecular weight excluding hydrogens is 212 g/mol. The number of phenolic OH excluding ortho intramolecular Hbond substituents is 1. The highest BCUT2D eigenvalue weighted by Crippen LogP contribution is 2.23. The molecule has 0 bridgehead atoms. The van der Waals surface area contributed by atoms with Crippen molar-refractivity contribution in [2.24, 2.45) is 0 Å². The number of rotatable bonds is 3. The molecule has 0 amide bonds. The summed E-state index contributed by atoms with van der Waals surface area (Å²) in [5.41, 5.74) is 1.98. The molecule has 0 aliphatic heterocycles. The molecule has 2 heteroatoms. The minimum Gasteiger partial charge on any atom is -0.507 e. The van der Waals surface area contributed by atoms with E-state index in [1.54, 1.807) is 13.0 Å². The molecule has 17 heavy (non-hydrogen) atoms. The fourth-order valence-corrected chi connectivity index (χ4v) is 1.61. The van der Waals surface area contributed by atoms with Crippen molar-refractivity contribution in [2.45, 2.75) is 40.0 Å². The number of carbonyl (C=O) groups excluding carboxylic acids is 1. The molecule has 0 aromatic heterocycles. The van der Waals surface area contributed by atoms with Crippen LogP contribution in [0.3, 0.4) is 0 Å². The normalized spacial score (nSPS) is 9.59. The summed E-state index contributed by atoms with van der Waals surface area (Å²) in [6, 6.07) is 3.52. The molecule has 1 aromatic carbocycles. The lowest BCUT2D eigenvalue weighted by molar-refractivity contribution is 0.105. The van der Waals surface area contributed by atoms with Gasteiger partial charge in [0.15, 0.2) is 0 Å². The van der Waals surface area contributed by atoms with Gasteiger partial charge >= 0.3 is 0 Å². The van der Waals surface area contributed by atoms with E-state index in [4.69, 9.17) is 0 Å². The van der Waals surface area contributed by atoms with E-state index < -0.39 is 0 Å². The fraction of sp³-hybridized carbons (Fsp3) is 0.400. The van der Waals surface area contributed by atoms with Gasteiger partial charge in [-0.15, -0.1) is 0 Å². The number of ketones is 1. The van der Waals surface area contributed by atoms with E-state index in [0.29, 0.717) is 11.1 Å². The van der Waals surface area contributed by atoms with Crippen molar-refractivity contribution in [3.8, 4) is 17.6 Å². The first-order valence-corrected chi connectivity index (χ1v) is 5.89. The lowest BCUT2D eigenvalue weighted by Crippen LogP contribution is -1.98. The molecule has 0 saturated carbocycles. The summed E-state index contributed by atoms with van der Waals surface area (Å²) < 4.78 is 0. The van der Waals surface area contributed by atoms with Crippen LogP contribution in [0.4, 0.5) is 0 Å². The number of hydrogen-bond acceptors (Lipinski definition) is 2. The molecular formula is C15H18O2. The minimum absolute atomic E-state index is 0.0467. The number of phenols is 1. The molecule has 0 radical (unpaired) electrons. The molecule has 90 valence electrons. The molecule has 0 saturated heterocycles. The maximum absolute atomic E-state index is 11.8. The van der Waals surface area contributed by atoms with Crippen LogP contribution in [-0.2, 0) is 0 Å². The summed E-state index contributed by atoms with van der Waals surface area (Å²) in [4.78, 5) is 11.8. The Labute approximate surface area is 103 Å². The molecule has 1 aromatic rings. The molecule has 1 rings (SSSR count). The molecule has 1 N–H and O–H groups in total. The van der Waals surface area contributed by atoms with Crippen LogP contribution in [0.15, 0.2) is 12.1 Å². The van der Waals surface area contributed by atoms with Gasteiger partial charge in [-0.05, 0) is 43.4 Å². The van der Waals surface area contributed by atoms with Crippen LogP contribution in [0.5, 0.6) is 5.75 Å². The van der Waals surface area contributed by atoms with Crippen molar-refractivity contribution in [3.63, 3.8) is 0 Å². The van der Waals surface area contributed by atoms with E-state index in [1.807, 2.05) is 13.0 Å². The highest BCUT2D eigenvalue weighted by molar-refractivity contribution is 6.11. The zero-order valence-electron chi connectivity index (χ0n) is 10.6. The molecule has 0 atom stereocenters. The maximum Gasteiger partial charge on any atom is 0.239 e. The third-order valence-electron chi connectivity index (χ3n) is 2.55. The summed E-state index contributed by atoms with van der Waals surface area (Å²) in [7, 11) is 0. The number of hydrogen-bond donors (Lipinski definition) is 1. The number of unbranched alkanes of at least 4 members (excludes halogenated alkanes) is 2. The van der Waals surface area contributed by atoms with Crippen molar-refractivity contribution < 1.29 is 9.90 Å². The summed E-state index contributed by atoms with van der Waals surface area (Å²) >= 11 is 0. The Kier molecular flexibility index (Phi) is 4.78. The van der Waals surface area contributed by atoms with E-state index in [1.165, 1.54) is 0 Å². The first-order chi connectivity index (χ1) is 8.06. The maximum atomic E-state index is 11.8. The van der Waals surface area contributed by atoms with Crippen LogP contribution >= 0.6 is 0 Å². The number of benzene rings is 1. The Morgan fingerprint density at radius 1 is 1.35 bits per heavy atom. The Morgan fingerprint density at radius 2 is 2.06 bits per heavy atom. The quantitative estimate of drug-likeness (QED) is 0.374. The van der Waals surface area contributed by atoms with Gasteiger partial charge in [0.05, 0.1) is 5.56 Å². The third-order valence-corrected chi connectivity index (χ3v) is 2.55. The van der Waals surface area contributed by atoms with Crippen LogP contribution in [0.25, 0.3) is 0 Å². The first kappa shape index (κ1) is 13.3. The van der Waals surface area contributed by atoms with Gasteiger partial charge < -0.3 is 5.11 Å². The first-order valence-electron chi connectivity index (χ1n) is 5.89. The molecule has 2 nitrogen and oxygen atoms in total. The lowest BCUT2D eigenvalue weighted by Gasteiger charge is -2.04. The summed E-state index contributed by atoms with van der Waals surface area (Å²) in [6.07, 6.45) is 2.80. The van der Waals surface area contributed by atoms with E-state index in [-0.39, 0.29) is 11.5 Å². The highest BCUT2D eigenvalue weighted by Gasteiger charge is 2.11. The zero-order chi connectivity index (χ0) is 12.8. The zero-order valence-corrected chi connectivity index (χ0v) is 10.6. The van der Waals surface area contributed by atoms with Crippen molar-refractivity contribution in [3.05, 3.63) is 28.8 Å². The Morgan fingerprint density at radius 3 is 2.71 bits per heavy atom. The van der Waals surface area contributed by atoms with Crippen molar-refractivity contribution in [2.75, 3.05) is 0 Å². The number of aromatic hydroxyl groups is 1. The number of Topliss-reactive ketones (excluding diaryl/α,β-unsaturated/α-hetero) is 1. The van der Waals surface area contributed by atoms with Crippen LogP contribution in [0, 0.1) is 25.7 Å². The highest BCUT2D eigenvalue weighted by atomic mass is 16.3. The van der Waals surface area contributed by atoms with E-state index in [9.17, 15) is 9.90 Å². The van der Waals surface area contributed by atoms with Crippen molar-refractivity contribution >= 4 is 5.78 Å². The van der Waals surface area contributed by atoms with E-state index >= 15 is 0 Å². The summed E-state index contributed by atoms with van der Waals surface area (Å²) in [6.45, 7) is 5.76. The Hall–Kier alpha value is -1.75. The standard InChI is InChI=1S/C15H18O2/c1-4-5-6-7-8-14(16)13-10-11(2)9-12(3)15(13)17/h9-10,17H,4-6H2,1-3H3. The van der Waals surface area contributed by atoms with Crippen molar-refractivity contribution in [1.82, 2.24) is 0 Å². The van der Waals surface area contributed by atoms with Crippen LogP contribution in [0.2, 0.25) is 0 Å². The average molecular weight is 230 g/mol. The third kappa shape index (κ3) is 3.64. The lowest BCUT2D eigenvalue weighted by atomic mass is 10.0. The molecule has 0 heterocycles. The summed E-state index contributed by atoms with van der Waals surface area (Å²) in [5.74, 6) is 5.17. The second kappa shape index (κ2) is 6.10. The van der Waals surface area contributed by atoms with Crippen LogP contribution in [-0.4, -0.2) is 10.9 Å². The molecule has 0 fully saturated rings. The minimum atomic E-state index is -0.301. The van der Waals surface area contributed by atoms with Crippen LogP contribution in [0.1, 0.15) is 47.7 Å².